The zero-order valence-electron chi connectivity index (χ0n) is 9.05. The van der Waals surface area contributed by atoms with E-state index in [1.807, 2.05) is 6.07 Å². The molecule has 0 aliphatic heterocycles. The Morgan fingerprint density at radius 2 is 1.67 bits per heavy atom. The fourth-order valence-corrected chi connectivity index (χ4v) is 2.15. The minimum absolute atomic E-state index is 0.481. The van der Waals surface area contributed by atoms with Crippen molar-refractivity contribution in [1.29, 1.82) is 5.26 Å². The Kier molecular flexibility index (Phi) is 4.13. The molecule has 0 aliphatic carbocycles. The summed E-state index contributed by atoms with van der Waals surface area (Å²) in [6, 6.07) is 12.6. The van der Waals surface area contributed by atoms with E-state index >= 15 is 0 Å². The second kappa shape index (κ2) is 5.62. The van der Waals surface area contributed by atoms with Crippen LogP contribution in [0, 0.1) is 11.3 Å². The van der Waals surface area contributed by atoms with Gasteiger partial charge in [-0.25, -0.2) is 0 Å². The topological polar surface area (TPSA) is 35.8 Å². The molecule has 2 aromatic carbocycles. The number of hydrogen-bond donors (Lipinski definition) is 1. The largest absolute Gasteiger partial charge is 0.353 e. The fraction of sp³-hybridized carbons (Fsp3) is 0. The average molecular weight is 342 g/mol. The van der Waals surface area contributed by atoms with E-state index in [-0.39, 0.29) is 0 Å². The highest BCUT2D eigenvalue weighted by molar-refractivity contribution is 9.10. The summed E-state index contributed by atoms with van der Waals surface area (Å²) in [6.45, 7) is 0. The Balaban J connectivity index is 2.40. The molecule has 0 heterocycles. The van der Waals surface area contributed by atoms with E-state index in [2.05, 4.69) is 27.3 Å². The smallest absolute Gasteiger partial charge is 0.101 e. The molecular weight excluding hydrogens is 335 g/mol. The van der Waals surface area contributed by atoms with E-state index in [0.29, 0.717) is 21.3 Å². The summed E-state index contributed by atoms with van der Waals surface area (Å²) in [6.07, 6.45) is 0. The maximum atomic E-state index is 9.06. The minimum atomic E-state index is 0.481. The van der Waals surface area contributed by atoms with Gasteiger partial charge in [0.25, 0.3) is 0 Å². The van der Waals surface area contributed by atoms with Gasteiger partial charge in [-0.05, 0) is 52.3 Å². The van der Waals surface area contributed by atoms with Crippen molar-refractivity contribution in [2.75, 3.05) is 5.32 Å². The molecule has 2 aromatic rings. The summed E-state index contributed by atoms with van der Waals surface area (Å²) in [5.41, 5.74) is 1.96. The SMILES string of the molecule is N#Cc1cc(Cl)ccc1Nc1cc(Cl)ccc1Br. The van der Waals surface area contributed by atoms with Crippen LogP contribution in [-0.4, -0.2) is 0 Å². The maximum absolute atomic E-state index is 9.06. The molecule has 0 atom stereocenters. The monoisotopic (exact) mass is 340 g/mol. The van der Waals surface area contributed by atoms with Gasteiger partial charge in [0.15, 0.2) is 0 Å². The highest BCUT2D eigenvalue weighted by Gasteiger charge is 2.06. The standard InChI is InChI=1S/C13H7BrCl2N2/c14-11-3-1-10(16)6-13(11)18-12-4-2-9(15)5-8(12)7-17/h1-6,18H. The van der Waals surface area contributed by atoms with Crippen LogP contribution in [0.3, 0.4) is 0 Å². The normalized spacial score (nSPS) is 9.89. The van der Waals surface area contributed by atoms with Gasteiger partial charge in [-0.15, -0.1) is 0 Å². The van der Waals surface area contributed by atoms with E-state index in [4.69, 9.17) is 28.5 Å². The van der Waals surface area contributed by atoms with Crippen LogP contribution in [0.4, 0.5) is 11.4 Å². The molecule has 5 heteroatoms. The molecule has 0 spiro atoms. The molecule has 0 bridgehead atoms. The number of nitriles is 1. The molecule has 0 amide bonds. The zero-order valence-corrected chi connectivity index (χ0v) is 12.1. The summed E-state index contributed by atoms with van der Waals surface area (Å²) >= 11 is 15.2. The van der Waals surface area contributed by atoms with E-state index < -0.39 is 0 Å². The van der Waals surface area contributed by atoms with E-state index in [1.165, 1.54) is 0 Å². The second-order valence-corrected chi connectivity index (χ2v) is 5.28. The van der Waals surface area contributed by atoms with Gasteiger partial charge in [0.1, 0.15) is 6.07 Å². The van der Waals surface area contributed by atoms with E-state index in [0.717, 1.165) is 10.2 Å². The lowest BCUT2D eigenvalue weighted by Crippen LogP contribution is -1.94. The Hall–Kier alpha value is -1.21. The first-order valence-electron chi connectivity index (χ1n) is 5.02. The van der Waals surface area contributed by atoms with Crippen molar-refractivity contribution in [3.8, 4) is 6.07 Å². The van der Waals surface area contributed by atoms with Gasteiger partial charge in [0.05, 0.1) is 16.9 Å². The van der Waals surface area contributed by atoms with Crippen LogP contribution < -0.4 is 5.32 Å². The van der Waals surface area contributed by atoms with E-state index in [1.54, 1.807) is 30.3 Å². The number of hydrogen-bond acceptors (Lipinski definition) is 2. The molecule has 1 N–H and O–H groups in total. The predicted molar refractivity (Wildman–Crippen MR) is 78.6 cm³/mol. The average Bonchev–Trinajstić information content (AvgIpc) is 2.36. The van der Waals surface area contributed by atoms with E-state index in [9.17, 15) is 0 Å². The van der Waals surface area contributed by atoms with Crippen molar-refractivity contribution in [3.63, 3.8) is 0 Å². The predicted octanol–water partition coefficient (Wildman–Crippen LogP) is 5.37. The lowest BCUT2D eigenvalue weighted by atomic mass is 10.2. The number of nitrogens with zero attached hydrogens (tertiary/aromatic N) is 1. The van der Waals surface area contributed by atoms with Gasteiger partial charge in [-0.1, -0.05) is 23.2 Å². The molecule has 0 aliphatic rings. The van der Waals surface area contributed by atoms with Crippen LogP contribution >= 0.6 is 39.1 Å². The first-order valence-corrected chi connectivity index (χ1v) is 6.57. The summed E-state index contributed by atoms with van der Waals surface area (Å²) in [5, 5.41) is 13.4. The summed E-state index contributed by atoms with van der Waals surface area (Å²) < 4.78 is 0.866. The Labute approximate surface area is 123 Å². The second-order valence-electron chi connectivity index (χ2n) is 3.55. The first kappa shape index (κ1) is 13.2. The van der Waals surface area contributed by atoms with Crippen LogP contribution in [0.2, 0.25) is 10.0 Å². The van der Waals surface area contributed by atoms with Gasteiger partial charge in [-0.3, -0.25) is 0 Å². The molecular formula is C13H7BrCl2N2. The number of rotatable bonds is 2. The molecule has 2 rings (SSSR count). The molecule has 2 nitrogen and oxygen atoms in total. The van der Waals surface area contributed by atoms with Gasteiger partial charge >= 0.3 is 0 Å². The number of nitrogens with one attached hydrogen (secondary N) is 1. The maximum Gasteiger partial charge on any atom is 0.101 e. The highest BCUT2D eigenvalue weighted by atomic mass is 79.9. The zero-order chi connectivity index (χ0) is 13.1. The molecule has 0 aromatic heterocycles. The van der Waals surface area contributed by atoms with Crippen molar-refractivity contribution >= 4 is 50.5 Å². The Morgan fingerprint density at radius 3 is 2.39 bits per heavy atom. The third kappa shape index (κ3) is 2.97. The Bertz CT molecular complexity index is 635. The number of halogens is 3. The van der Waals surface area contributed by atoms with Crippen molar-refractivity contribution in [1.82, 2.24) is 0 Å². The van der Waals surface area contributed by atoms with Crippen molar-refractivity contribution in [2.24, 2.45) is 0 Å². The molecule has 0 unspecified atom stereocenters. The van der Waals surface area contributed by atoms with Crippen LogP contribution in [0.1, 0.15) is 5.56 Å². The lowest BCUT2D eigenvalue weighted by molar-refractivity contribution is 1.45. The third-order valence-electron chi connectivity index (χ3n) is 2.30. The van der Waals surface area contributed by atoms with Crippen LogP contribution in [-0.2, 0) is 0 Å². The summed E-state index contributed by atoms with van der Waals surface area (Å²) in [4.78, 5) is 0. The third-order valence-corrected chi connectivity index (χ3v) is 3.46. The highest BCUT2D eigenvalue weighted by Crippen LogP contribution is 2.30. The van der Waals surface area contributed by atoms with Crippen molar-refractivity contribution < 1.29 is 0 Å². The van der Waals surface area contributed by atoms with Crippen molar-refractivity contribution in [2.45, 2.75) is 0 Å². The molecule has 0 saturated carbocycles. The summed E-state index contributed by atoms with van der Waals surface area (Å²) in [5.74, 6) is 0. The lowest BCUT2D eigenvalue weighted by Gasteiger charge is -2.10. The molecule has 18 heavy (non-hydrogen) atoms. The molecule has 0 fully saturated rings. The van der Waals surface area contributed by atoms with Gasteiger partial charge in [0, 0.05) is 14.5 Å². The quantitative estimate of drug-likeness (QED) is 0.796. The van der Waals surface area contributed by atoms with Gasteiger partial charge < -0.3 is 5.32 Å². The molecule has 0 saturated heterocycles. The van der Waals surface area contributed by atoms with Crippen LogP contribution in [0.5, 0.6) is 0 Å². The molecule has 0 radical (unpaired) electrons. The van der Waals surface area contributed by atoms with Gasteiger partial charge in [-0.2, -0.15) is 5.26 Å². The van der Waals surface area contributed by atoms with Crippen LogP contribution in [0.15, 0.2) is 40.9 Å². The molecule has 90 valence electrons. The summed E-state index contributed by atoms with van der Waals surface area (Å²) in [7, 11) is 0. The van der Waals surface area contributed by atoms with Gasteiger partial charge in [0.2, 0.25) is 0 Å². The number of anilines is 2. The fourth-order valence-electron chi connectivity index (χ4n) is 1.46. The minimum Gasteiger partial charge on any atom is -0.353 e. The number of benzene rings is 2. The van der Waals surface area contributed by atoms with Crippen LogP contribution in [0.25, 0.3) is 0 Å². The van der Waals surface area contributed by atoms with Crippen molar-refractivity contribution in [3.05, 3.63) is 56.5 Å². The Morgan fingerprint density at radius 1 is 1.00 bits per heavy atom. The first-order chi connectivity index (χ1) is 8.60.